The standard InChI is InChI=1S/C32H26Cl2N4O4S/c1-19(30(40)37-27-13-6-5-12-25(27)29(35)39)43-24-11-7-10-23(18-24)36-32(42)28(16-21-14-15-22(33)17-26(21)34)38-31(41)20-8-3-2-4-9-20/h2-19H,1H3,(H2,35,39)(H,36,42)(H,37,40)(H,38,41)/b28-16+. The highest BCUT2D eigenvalue weighted by atomic mass is 35.5. The molecule has 43 heavy (non-hydrogen) atoms. The first kappa shape index (κ1) is 31.4. The van der Waals surface area contributed by atoms with E-state index in [4.69, 9.17) is 28.9 Å². The van der Waals surface area contributed by atoms with Crippen LogP contribution in [0.1, 0.15) is 33.2 Å². The van der Waals surface area contributed by atoms with Gasteiger partial charge in [-0.2, -0.15) is 0 Å². The van der Waals surface area contributed by atoms with Gasteiger partial charge in [0.25, 0.3) is 17.7 Å². The van der Waals surface area contributed by atoms with Gasteiger partial charge in [0.1, 0.15) is 5.70 Å². The predicted octanol–water partition coefficient (Wildman–Crippen LogP) is 6.62. The van der Waals surface area contributed by atoms with Gasteiger partial charge in [-0.25, -0.2) is 0 Å². The van der Waals surface area contributed by atoms with E-state index >= 15 is 0 Å². The maximum absolute atomic E-state index is 13.4. The minimum Gasteiger partial charge on any atom is -0.366 e. The van der Waals surface area contributed by atoms with Crippen LogP contribution in [0.5, 0.6) is 0 Å². The predicted molar refractivity (Wildman–Crippen MR) is 172 cm³/mol. The van der Waals surface area contributed by atoms with Gasteiger partial charge in [0, 0.05) is 26.2 Å². The van der Waals surface area contributed by atoms with Crippen molar-refractivity contribution in [1.29, 1.82) is 0 Å². The summed E-state index contributed by atoms with van der Waals surface area (Å²) in [5, 5.41) is 8.38. The largest absolute Gasteiger partial charge is 0.366 e. The molecule has 0 heterocycles. The summed E-state index contributed by atoms with van der Waals surface area (Å²) in [7, 11) is 0. The molecule has 0 aromatic heterocycles. The highest BCUT2D eigenvalue weighted by Crippen LogP contribution is 2.28. The van der Waals surface area contributed by atoms with Crippen LogP contribution in [0.2, 0.25) is 10.0 Å². The van der Waals surface area contributed by atoms with Crippen LogP contribution in [0.4, 0.5) is 11.4 Å². The molecule has 0 bridgehead atoms. The van der Waals surface area contributed by atoms with Crippen molar-refractivity contribution in [2.45, 2.75) is 17.1 Å². The van der Waals surface area contributed by atoms with Gasteiger partial charge < -0.3 is 21.7 Å². The van der Waals surface area contributed by atoms with E-state index in [0.29, 0.717) is 37.4 Å². The first-order valence-electron chi connectivity index (χ1n) is 12.9. The minimum absolute atomic E-state index is 0.0445. The Kier molecular flexibility index (Phi) is 10.6. The molecule has 4 aromatic carbocycles. The molecule has 4 rings (SSSR count). The summed E-state index contributed by atoms with van der Waals surface area (Å²) < 4.78 is 0. The summed E-state index contributed by atoms with van der Waals surface area (Å²) in [5.41, 5.74) is 7.18. The van der Waals surface area contributed by atoms with Crippen molar-refractivity contribution < 1.29 is 19.2 Å². The third-order valence-electron chi connectivity index (χ3n) is 6.02. The monoisotopic (exact) mass is 632 g/mol. The number of hydrogen-bond donors (Lipinski definition) is 4. The van der Waals surface area contributed by atoms with Crippen LogP contribution in [0, 0.1) is 0 Å². The molecule has 1 unspecified atom stereocenters. The lowest BCUT2D eigenvalue weighted by Crippen LogP contribution is -2.30. The fraction of sp³-hybridized carbons (Fsp3) is 0.0625. The normalized spacial score (nSPS) is 11.7. The highest BCUT2D eigenvalue weighted by molar-refractivity contribution is 8.00. The summed E-state index contributed by atoms with van der Waals surface area (Å²) in [5.74, 6) is -2.05. The average molecular weight is 634 g/mol. The van der Waals surface area contributed by atoms with E-state index in [-0.39, 0.29) is 17.2 Å². The molecule has 0 aliphatic heterocycles. The fourth-order valence-corrected chi connectivity index (χ4v) is 5.25. The van der Waals surface area contributed by atoms with Gasteiger partial charge in [0.05, 0.1) is 16.5 Å². The van der Waals surface area contributed by atoms with E-state index in [1.165, 1.54) is 30.0 Å². The Morgan fingerprint density at radius 3 is 2.28 bits per heavy atom. The number of amides is 4. The van der Waals surface area contributed by atoms with Crippen LogP contribution in [0.15, 0.2) is 108 Å². The number of anilines is 2. The number of carbonyl (C=O) groups is 4. The van der Waals surface area contributed by atoms with Gasteiger partial charge in [-0.3, -0.25) is 19.2 Å². The SMILES string of the molecule is CC(Sc1cccc(NC(=O)/C(=C\c2ccc(Cl)cc2Cl)NC(=O)c2ccccc2)c1)C(=O)Nc1ccccc1C(N)=O. The highest BCUT2D eigenvalue weighted by Gasteiger charge is 2.19. The Balaban J connectivity index is 1.50. The van der Waals surface area contributed by atoms with Crippen LogP contribution < -0.4 is 21.7 Å². The van der Waals surface area contributed by atoms with Crippen LogP contribution in [0.25, 0.3) is 6.08 Å². The van der Waals surface area contributed by atoms with Gasteiger partial charge in [0.15, 0.2) is 0 Å². The molecule has 4 amide bonds. The molecule has 0 saturated heterocycles. The molecule has 11 heteroatoms. The number of primary amides is 1. The Labute approximate surface area is 262 Å². The lowest BCUT2D eigenvalue weighted by Gasteiger charge is -2.15. The van der Waals surface area contributed by atoms with Gasteiger partial charge in [-0.15, -0.1) is 11.8 Å². The van der Waals surface area contributed by atoms with Crippen molar-refractivity contribution in [3.63, 3.8) is 0 Å². The molecule has 0 aliphatic carbocycles. The zero-order valence-corrected chi connectivity index (χ0v) is 25.1. The van der Waals surface area contributed by atoms with Crippen molar-refractivity contribution in [2.24, 2.45) is 5.73 Å². The Morgan fingerprint density at radius 1 is 0.837 bits per heavy atom. The number of thioether (sulfide) groups is 1. The molecule has 5 N–H and O–H groups in total. The van der Waals surface area contributed by atoms with Crippen molar-refractivity contribution in [2.75, 3.05) is 10.6 Å². The lowest BCUT2D eigenvalue weighted by atomic mass is 10.1. The zero-order chi connectivity index (χ0) is 30.9. The maximum atomic E-state index is 13.4. The van der Waals surface area contributed by atoms with Crippen LogP contribution >= 0.6 is 35.0 Å². The van der Waals surface area contributed by atoms with E-state index in [1.807, 2.05) is 0 Å². The first-order chi connectivity index (χ1) is 20.6. The fourth-order valence-electron chi connectivity index (χ4n) is 3.86. The van der Waals surface area contributed by atoms with Gasteiger partial charge in [0.2, 0.25) is 5.91 Å². The maximum Gasteiger partial charge on any atom is 0.272 e. The molecular weight excluding hydrogens is 607 g/mol. The summed E-state index contributed by atoms with van der Waals surface area (Å²) in [4.78, 5) is 51.6. The second-order valence-corrected chi connectivity index (χ2v) is 11.4. The molecule has 0 spiro atoms. The van der Waals surface area contributed by atoms with Crippen molar-refractivity contribution in [3.05, 3.63) is 129 Å². The second-order valence-electron chi connectivity index (χ2n) is 9.19. The first-order valence-corrected chi connectivity index (χ1v) is 14.5. The Morgan fingerprint density at radius 2 is 1.56 bits per heavy atom. The van der Waals surface area contributed by atoms with Crippen molar-refractivity contribution >= 4 is 76.0 Å². The number of carbonyl (C=O) groups excluding carboxylic acids is 4. The van der Waals surface area contributed by atoms with Gasteiger partial charge >= 0.3 is 0 Å². The Hall–Kier alpha value is -4.57. The zero-order valence-electron chi connectivity index (χ0n) is 22.8. The number of para-hydroxylation sites is 1. The number of rotatable bonds is 10. The third kappa shape index (κ3) is 8.71. The molecule has 0 aliphatic rings. The van der Waals surface area contributed by atoms with Crippen LogP contribution in [0.3, 0.4) is 0 Å². The number of nitrogens with one attached hydrogen (secondary N) is 3. The van der Waals surface area contributed by atoms with E-state index < -0.39 is 23.0 Å². The van der Waals surface area contributed by atoms with Crippen LogP contribution in [-0.2, 0) is 9.59 Å². The summed E-state index contributed by atoms with van der Waals surface area (Å²) in [6, 6.07) is 26.7. The molecule has 218 valence electrons. The van der Waals surface area contributed by atoms with E-state index in [2.05, 4.69) is 16.0 Å². The summed E-state index contributed by atoms with van der Waals surface area (Å²) >= 11 is 13.6. The number of benzene rings is 4. The molecule has 0 radical (unpaired) electrons. The number of hydrogen-bond acceptors (Lipinski definition) is 5. The molecule has 0 fully saturated rings. The van der Waals surface area contributed by atoms with E-state index in [1.54, 1.807) is 91.9 Å². The minimum atomic E-state index is -0.647. The van der Waals surface area contributed by atoms with E-state index in [0.717, 1.165) is 0 Å². The van der Waals surface area contributed by atoms with Crippen molar-refractivity contribution in [3.8, 4) is 0 Å². The van der Waals surface area contributed by atoms with E-state index in [9.17, 15) is 19.2 Å². The number of nitrogens with two attached hydrogens (primary N) is 1. The summed E-state index contributed by atoms with van der Waals surface area (Å²) in [6.45, 7) is 1.72. The van der Waals surface area contributed by atoms with Crippen LogP contribution in [-0.4, -0.2) is 28.9 Å². The Bertz CT molecular complexity index is 1710. The molecule has 8 nitrogen and oxygen atoms in total. The molecule has 4 aromatic rings. The second kappa shape index (κ2) is 14.6. The molecular formula is C32H26Cl2N4O4S. The third-order valence-corrected chi connectivity index (χ3v) is 7.67. The van der Waals surface area contributed by atoms with Gasteiger partial charge in [-0.1, -0.05) is 65.7 Å². The topological polar surface area (TPSA) is 130 Å². The van der Waals surface area contributed by atoms with Crippen molar-refractivity contribution in [1.82, 2.24) is 5.32 Å². The smallest absolute Gasteiger partial charge is 0.272 e. The molecule has 1 atom stereocenters. The molecule has 0 saturated carbocycles. The average Bonchev–Trinajstić information content (AvgIpc) is 2.98. The van der Waals surface area contributed by atoms with Gasteiger partial charge in [-0.05, 0) is 73.2 Å². The number of halogens is 2. The summed E-state index contributed by atoms with van der Waals surface area (Å²) in [6.07, 6.45) is 1.46. The lowest BCUT2D eigenvalue weighted by molar-refractivity contribution is -0.115. The quantitative estimate of drug-likeness (QED) is 0.115.